The van der Waals surface area contributed by atoms with E-state index >= 15 is 0 Å². The first kappa shape index (κ1) is 14.6. The quantitative estimate of drug-likeness (QED) is 0.590. The molecule has 0 amide bonds. The van der Waals surface area contributed by atoms with Crippen molar-refractivity contribution in [3.63, 3.8) is 0 Å². The van der Waals surface area contributed by atoms with Crippen molar-refractivity contribution in [1.82, 2.24) is 9.55 Å². The summed E-state index contributed by atoms with van der Waals surface area (Å²) < 4.78 is 3.28. The molecule has 0 unspecified atom stereocenters. The predicted molar refractivity (Wildman–Crippen MR) is 91.9 cm³/mol. The number of halogens is 2. The molecule has 0 N–H and O–H groups in total. The van der Waals surface area contributed by atoms with Crippen LogP contribution >= 0.6 is 27.5 Å². The van der Waals surface area contributed by atoms with Crippen LogP contribution in [0.15, 0.2) is 46.9 Å². The highest BCUT2D eigenvalue weighted by atomic mass is 79.9. The van der Waals surface area contributed by atoms with Gasteiger partial charge in [-0.3, -0.25) is 0 Å². The Labute approximate surface area is 137 Å². The first-order chi connectivity index (χ1) is 10.2. The molecule has 0 bridgehead atoms. The maximum atomic E-state index is 6.06. The highest BCUT2D eigenvalue weighted by Gasteiger charge is 2.10. The van der Waals surface area contributed by atoms with E-state index in [0.29, 0.717) is 5.88 Å². The molecule has 0 saturated heterocycles. The standard InChI is InChI=1S/C17H16BrClN2/c1-12-3-2-4-13(9-12)7-8-21-16-10-14(18)5-6-15(16)20-17(21)11-19/h2-6,9-10H,7-8,11H2,1H3. The van der Waals surface area contributed by atoms with E-state index < -0.39 is 0 Å². The average Bonchev–Trinajstić information content (AvgIpc) is 2.82. The third kappa shape index (κ3) is 3.14. The molecule has 4 heteroatoms. The second kappa shape index (κ2) is 6.20. The Hall–Kier alpha value is -1.32. The van der Waals surface area contributed by atoms with Gasteiger partial charge in [-0.1, -0.05) is 45.8 Å². The van der Waals surface area contributed by atoms with E-state index in [1.807, 2.05) is 12.1 Å². The van der Waals surface area contributed by atoms with Crippen LogP contribution in [0.3, 0.4) is 0 Å². The molecule has 0 fully saturated rings. The normalized spacial score (nSPS) is 11.2. The number of nitrogens with zero attached hydrogens (tertiary/aromatic N) is 2. The van der Waals surface area contributed by atoms with Gasteiger partial charge in [-0.15, -0.1) is 11.6 Å². The number of fused-ring (bicyclic) bond motifs is 1. The van der Waals surface area contributed by atoms with Crippen molar-refractivity contribution in [2.45, 2.75) is 25.8 Å². The minimum absolute atomic E-state index is 0.431. The molecule has 3 aromatic rings. The first-order valence-corrected chi connectivity index (χ1v) is 8.26. The van der Waals surface area contributed by atoms with Crippen molar-refractivity contribution in [2.75, 3.05) is 0 Å². The lowest BCUT2D eigenvalue weighted by molar-refractivity contribution is 0.687. The van der Waals surface area contributed by atoms with Gasteiger partial charge < -0.3 is 4.57 Å². The monoisotopic (exact) mass is 362 g/mol. The summed E-state index contributed by atoms with van der Waals surface area (Å²) in [7, 11) is 0. The summed E-state index contributed by atoms with van der Waals surface area (Å²) >= 11 is 9.58. The van der Waals surface area contributed by atoms with Crippen molar-refractivity contribution in [3.8, 4) is 0 Å². The summed E-state index contributed by atoms with van der Waals surface area (Å²) in [4.78, 5) is 4.61. The highest BCUT2D eigenvalue weighted by Crippen LogP contribution is 2.22. The molecule has 1 heterocycles. The Morgan fingerprint density at radius 2 is 2.05 bits per heavy atom. The minimum atomic E-state index is 0.431. The minimum Gasteiger partial charge on any atom is -0.327 e. The van der Waals surface area contributed by atoms with Gasteiger partial charge in [0.2, 0.25) is 0 Å². The molecule has 0 aliphatic heterocycles. The van der Waals surface area contributed by atoms with Crippen LogP contribution in [-0.2, 0) is 18.8 Å². The number of hydrogen-bond acceptors (Lipinski definition) is 1. The Morgan fingerprint density at radius 1 is 1.19 bits per heavy atom. The van der Waals surface area contributed by atoms with Gasteiger partial charge in [0.15, 0.2) is 0 Å². The van der Waals surface area contributed by atoms with E-state index in [0.717, 1.165) is 34.3 Å². The Morgan fingerprint density at radius 3 is 2.81 bits per heavy atom. The topological polar surface area (TPSA) is 17.8 Å². The SMILES string of the molecule is Cc1cccc(CCn2c(CCl)nc3ccc(Br)cc32)c1. The van der Waals surface area contributed by atoms with Crippen LogP contribution < -0.4 is 0 Å². The van der Waals surface area contributed by atoms with Crippen LogP contribution in [0.5, 0.6) is 0 Å². The number of alkyl halides is 1. The van der Waals surface area contributed by atoms with E-state index in [1.165, 1.54) is 11.1 Å². The maximum Gasteiger partial charge on any atom is 0.124 e. The Balaban J connectivity index is 1.93. The zero-order valence-corrected chi connectivity index (χ0v) is 14.2. The molecule has 3 rings (SSSR count). The van der Waals surface area contributed by atoms with Gasteiger partial charge >= 0.3 is 0 Å². The van der Waals surface area contributed by atoms with Crippen LogP contribution in [0.25, 0.3) is 11.0 Å². The van der Waals surface area contributed by atoms with Crippen LogP contribution in [0.4, 0.5) is 0 Å². The van der Waals surface area contributed by atoms with Gasteiger partial charge in [0, 0.05) is 11.0 Å². The lowest BCUT2D eigenvalue weighted by Crippen LogP contribution is -2.05. The zero-order valence-electron chi connectivity index (χ0n) is 11.8. The molecule has 108 valence electrons. The number of imidazole rings is 1. The van der Waals surface area contributed by atoms with Crippen molar-refractivity contribution in [1.29, 1.82) is 0 Å². The van der Waals surface area contributed by atoms with Gasteiger partial charge in [-0.2, -0.15) is 0 Å². The van der Waals surface area contributed by atoms with E-state index in [1.54, 1.807) is 0 Å². The number of hydrogen-bond donors (Lipinski definition) is 0. The van der Waals surface area contributed by atoms with E-state index in [4.69, 9.17) is 11.6 Å². The molecular formula is C17H16BrClN2. The second-order valence-electron chi connectivity index (χ2n) is 5.19. The lowest BCUT2D eigenvalue weighted by Gasteiger charge is -2.08. The molecule has 2 nitrogen and oxygen atoms in total. The van der Waals surface area contributed by atoms with Crippen molar-refractivity contribution in [2.24, 2.45) is 0 Å². The predicted octanol–water partition coefficient (Wildman–Crippen LogP) is 5.09. The number of aryl methyl sites for hydroxylation is 3. The van der Waals surface area contributed by atoms with E-state index in [2.05, 4.69) is 62.7 Å². The van der Waals surface area contributed by atoms with E-state index in [-0.39, 0.29) is 0 Å². The van der Waals surface area contributed by atoms with Crippen LogP contribution in [0, 0.1) is 6.92 Å². The summed E-state index contributed by atoms with van der Waals surface area (Å²) in [5.74, 6) is 1.36. The summed E-state index contributed by atoms with van der Waals surface area (Å²) in [5.41, 5.74) is 4.77. The van der Waals surface area contributed by atoms with Gasteiger partial charge in [0.1, 0.15) is 5.82 Å². The molecule has 0 radical (unpaired) electrons. The van der Waals surface area contributed by atoms with Gasteiger partial charge in [0.25, 0.3) is 0 Å². The molecule has 0 saturated carbocycles. The van der Waals surface area contributed by atoms with Crippen LogP contribution in [-0.4, -0.2) is 9.55 Å². The molecule has 0 atom stereocenters. The van der Waals surface area contributed by atoms with Gasteiger partial charge in [-0.25, -0.2) is 4.98 Å². The summed E-state index contributed by atoms with van der Waals surface area (Å²) in [6.45, 7) is 3.01. The largest absolute Gasteiger partial charge is 0.327 e. The number of aromatic nitrogens is 2. The third-order valence-corrected chi connectivity index (χ3v) is 4.35. The number of rotatable bonds is 4. The summed E-state index contributed by atoms with van der Waals surface area (Å²) in [6, 6.07) is 14.8. The van der Waals surface area contributed by atoms with Crippen molar-refractivity contribution in [3.05, 3.63) is 63.9 Å². The second-order valence-corrected chi connectivity index (χ2v) is 6.37. The zero-order chi connectivity index (χ0) is 14.8. The molecule has 21 heavy (non-hydrogen) atoms. The molecule has 1 aromatic heterocycles. The molecule has 0 aliphatic rings. The number of benzene rings is 2. The summed E-state index contributed by atoms with van der Waals surface area (Å²) in [5, 5.41) is 0. The van der Waals surface area contributed by atoms with Gasteiger partial charge in [0.05, 0.1) is 16.9 Å². The molecular weight excluding hydrogens is 348 g/mol. The fraction of sp³-hybridized carbons (Fsp3) is 0.235. The van der Waals surface area contributed by atoms with Crippen LogP contribution in [0.2, 0.25) is 0 Å². The molecule has 0 spiro atoms. The van der Waals surface area contributed by atoms with Crippen molar-refractivity contribution < 1.29 is 0 Å². The lowest BCUT2D eigenvalue weighted by atomic mass is 10.1. The highest BCUT2D eigenvalue weighted by molar-refractivity contribution is 9.10. The smallest absolute Gasteiger partial charge is 0.124 e. The maximum absolute atomic E-state index is 6.06. The molecule has 0 aliphatic carbocycles. The van der Waals surface area contributed by atoms with Gasteiger partial charge in [-0.05, 0) is 37.1 Å². The molecule has 2 aromatic carbocycles. The first-order valence-electron chi connectivity index (χ1n) is 6.93. The fourth-order valence-corrected chi connectivity index (χ4v) is 3.16. The Bertz CT molecular complexity index is 780. The fourth-order valence-electron chi connectivity index (χ4n) is 2.61. The average molecular weight is 364 g/mol. The Kier molecular flexibility index (Phi) is 4.32. The van der Waals surface area contributed by atoms with Crippen molar-refractivity contribution >= 4 is 38.6 Å². The van der Waals surface area contributed by atoms with E-state index in [9.17, 15) is 0 Å². The summed E-state index contributed by atoms with van der Waals surface area (Å²) in [6.07, 6.45) is 0.976. The van der Waals surface area contributed by atoms with Crippen LogP contribution in [0.1, 0.15) is 17.0 Å². The third-order valence-electron chi connectivity index (χ3n) is 3.62.